The van der Waals surface area contributed by atoms with Crippen LogP contribution in [-0.4, -0.2) is 57.4 Å². The summed E-state index contributed by atoms with van der Waals surface area (Å²) in [5.41, 5.74) is 4.06. The molecular formula is C23H30N4OS. The zero-order chi connectivity index (χ0) is 19.8. The number of benzene rings is 1. The largest absolute Gasteiger partial charge is 0.392 e. The van der Waals surface area contributed by atoms with Gasteiger partial charge in [0.2, 0.25) is 0 Å². The van der Waals surface area contributed by atoms with Gasteiger partial charge in [-0.05, 0) is 73.3 Å². The molecule has 2 aromatic heterocycles. The second-order valence-electron chi connectivity index (χ2n) is 9.12. The highest BCUT2D eigenvalue weighted by Crippen LogP contribution is 2.41. The van der Waals surface area contributed by atoms with Crippen LogP contribution in [0.15, 0.2) is 35.8 Å². The first-order chi connectivity index (χ1) is 14.1. The van der Waals surface area contributed by atoms with Gasteiger partial charge in [0, 0.05) is 36.4 Å². The number of hydrogen-bond acceptors (Lipinski definition) is 5. The average Bonchev–Trinajstić information content (AvgIpc) is 3.32. The Labute approximate surface area is 176 Å². The molecule has 3 aromatic rings. The maximum Gasteiger partial charge on any atom is 0.0673 e. The highest BCUT2D eigenvalue weighted by molar-refractivity contribution is 7.10. The van der Waals surface area contributed by atoms with Crippen LogP contribution in [0.4, 0.5) is 0 Å². The van der Waals surface area contributed by atoms with Crippen LogP contribution >= 0.6 is 11.3 Å². The summed E-state index contributed by atoms with van der Waals surface area (Å²) in [4.78, 5) is 6.56. The quantitative estimate of drug-likeness (QED) is 0.687. The van der Waals surface area contributed by atoms with Gasteiger partial charge < -0.3 is 5.11 Å². The maximum atomic E-state index is 10.7. The number of H-pyrrole nitrogens is 1. The van der Waals surface area contributed by atoms with Crippen LogP contribution in [0.25, 0.3) is 10.9 Å². The molecule has 4 heterocycles. The van der Waals surface area contributed by atoms with Crippen LogP contribution in [0.1, 0.15) is 35.3 Å². The number of aliphatic hydroxyl groups excluding tert-OH is 1. The Balaban J connectivity index is 1.23. The number of rotatable bonds is 4. The molecule has 0 saturated carbocycles. The Kier molecular flexibility index (Phi) is 5.20. The fourth-order valence-electron chi connectivity index (χ4n) is 5.24. The van der Waals surface area contributed by atoms with Gasteiger partial charge in [-0.15, -0.1) is 11.3 Å². The molecule has 0 amide bonds. The number of likely N-dealkylation sites (tertiary alicyclic amines) is 2. The Morgan fingerprint density at radius 3 is 2.86 bits per heavy atom. The number of β-amino-alcohol motifs (C(OH)–C–C–N with tert-alkyl or cyclic N) is 1. The Bertz CT molecular complexity index is 972. The molecule has 5 nitrogen and oxygen atoms in total. The van der Waals surface area contributed by atoms with E-state index in [2.05, 4.69) is 56.6 Å². The lowest BCUT2D eigenvalue weighted by atomic mass is 9.71. The predicted octanol–water partition coefficient (Wildman–Crippen LogP) is 3.78. The minimum absolute atomic E-state index is 0.217. The minimum Gasteiger partial charge on any atom is -0.392 e. The molecule has 2 saturated heterocycles. The number of aromatic amines is 1. The standard InChI is InChI=1S/C23H30N4OS/c1-17-4-9-29-22(17)15-26-7-5-23(6-8-26)11-20(28)14-27(16-23)13-18-2-3-19-12-24-25-21(19)10-18/h2-4,9-10,12,20,28H,5-8,11,13-16H2,1H3,(H,24,25). The van der Waals surface area contributed by atoms with Crippen molar-refractivity contribution >= 4 is 22.2 Å². The Morgan fingerprint density at radius 1 is 1.21 bits per heavy atom. The number of aryl methyl sites for hydroxylation is 1. The van der Waals surface area contributed by atoms with Crippen LogP contribution in [0, 0.1) is 12.3 Å². The lowest BCUT2D eigenvalue weighted by Crippen LogP contribution is -2.53. The number of thiophene rings is 1. The number of aliphatic hydroxyl groups is 1. The van der Waals surface area contributed by atoms with Crippen molar-refractivity contribution in [3.05, 3.63) is 51.8 Å². The molecule has 1 unspecified atom stereocenters. The molecule has 5 rings (SSSR count). The molecular weight excluding hydrogens is 380 g/mol. The molecule has 1 atom stereocenters. The first-order valence-corrected chi connectivity index (χ1v) is 11.5. The lowest BCUT2D eigenvalue weighted by Gasteiger charge is -2.49. The Morgan fingerprint density at radius 2 is 2.07 bits per heavy atom. The van der Waals surface area contributed by atoms with Crippen LogP contribution in [0.5, 0.6) is 0 Å². The van der Waals surface area contributed by atoms with Crippen molar-refractivity contribution in [2.45, 2.75) is 45.4 Å². The number of aromatic nitrogens is 2. The van der Waals surface area contributed by atoms with Gasteiger partial charge in [0.1, 0.15) is 0 Å². The first kappa shape index (κ1) is 19.2. The number of nitrogens with zero attached hydrogens (tertiary/aromatic N) is 3. The molecule has 6 heteroatoms. The van der Waals surface area contributed by atoms with Crippen molar-refractivity contribution in [3.8, 4) is 0 Å². The average molecular weight is 411 g/mol. The number of hydrogen-bond donors (Lipinski definition) is 2. The van der Waals surface area contributed by atoms with Crippen molar-refractivity contribution < 1.29 is 5.11 Å². The van der Waals surface area contributed by atoms with E-state index in [0.717, 1.165) is 56.6 Å². The van der Waals surface area contributed by atoms with Gasteiger partial charge in [0.15, 0.2) is 0 Å². The van der Waals surface area contributed by atoms with E-state index < -0.39 is 0 Å². The zero-order valence-corrected chi connectivity index (χ0v) is 17.9. The third-order valence-corrected chi connectivity index (χ3v) is 7.87. The highest BCUT2D eigenvalue weighted by atomic mass is 32.1. The van der Waals surface area contributed by atoms with E-state index in [0.29, 0.717) is 0 Å². The van der Waals surface area contributed by atoms with Gasteiger partial charge in [0.25, 0.3) is 0 Å². The fourth-order valence-corrected chi connectivity index (χ4v) is 6.19. The summed E-state index contributed by atoms with van der Waals surface area (Å²) in [7, 11) is 0. The van der Waals surface area contributed by atoms with Crippen molar-refractivity contribution in [2.75, 3.05) is 26.2 Å². The molecule has 1 aromatic carbocycles. The molecule has 0 radical (unpaired) electrons. The van der Waals surface area contributed by atoms with E-state index in [4.69, 9.17) is 0 Å². The summed E-state index contributed by atoms with van der Waals surface area (Å²) in [6.07, 6.45) is 4.97. The second-order valence-corrected chi connectivity index (χ2v) is 10.1. The van der Waals surface area contributed by atoms with Crippen LogP contribution in [-0.2, 0) is 13.1 Å². The van der Waals surface area contributed by atoms with Gasteiger partial charge in [-0.2, -0.15) is 5.10 Å². The van der Waals surface area contributed by atoms with Crippen LogP contribution in [0.2, 0.25) is 0 Å². The first-order valence-electron chi connectivity index (χ1n) is 10.7. The molecule has 0 bridgehead atoms. The lowest BCUT2D eigenvalue weighted by molar-refractivity contribution is -0.0445. The van der Waals surface area contributed by atoms with Gasteiger partial charge in [-0.25, -0.2) is 0 Å². The summed E-state index contributed by atoms with van der Waals surface area (Å²) in [6, 6.07) is 8.75. The van der Waals surface area contributed by atoms with E-state index in [1.807, 2.05) is 17.5 Å². The molecule has 2 aliphatic heterocycles. The summed E-state index contributed by atoms with van der Waals surface area (Å²) in [6.45, 7) is 8.34. The van der Waals surface area contributed by atoms with Gasteiger partial charge in [0.05, 0.1) is 17.8 Å². The van der Waals surface area contributed by atoms with Gasteiger partial charge >= 0.3 is 0 Å². The molecule has 2 aliphatic rings. The van der Waals surface area contributed by atoms with E-state index in [1.165, 1.54) is 28.8 Å². The predicted molar refractivity (Wildman–Crippen MR) is 118 cm³/mol. The number of piperidine rings is 2. The SMILES string of the molecule is Cc1ccsc1CN1CCC2(CC1)CC(O)CN(Cc1ccc3cn[nH]c3c1)C2. The fraction of sp³-hybridized carbons (Fsp3) is 0.522. The zero-order valence-electron chi connectivity index (χ0n) is 17.1. The summed E-state index contributed by atoms with van der Waals surface area (Å²) in [5, 5.41) is 21.2. The van der Waals surface area contributed by atoms with E-state index >= 15 is 0 Å². The topological polar surface area (TPSA) is 55.4 Å². The van der Waals surface area contributed by atoms with Crippen LogP contribution < -0.4 is 0 Å². The molecule has 1 spiro atoms. The smallest absolute Gasteiger partial charge is 0.0673 e. The third-order valence-electron chi connectivity index (χ3n) is 6.86. The van der Waals surface area contributed by atoms with Crippen molar-refractivity contribution in [2.24, 2.45) is 5.41 Å². The molecule has 0 aliphatic carbocycles. The monoisotopic (exact) mass is 410 g/mol. The normalized spacial score (nSPS) is 23.2. The van der Waals surface area contributed by atoms with E-state index in [9.17, 15) is 5.11 Å². The number of fused-ring (bicyclic) bond motifs is 1. The third kappa shape index (κ3) is 4.12. The second kappa shape index (κ2) is 7.84. The van der Waals surface area contributed by atoms with Crippen molar-refractivity contribution in [3.63, 3.8) is 0 Å². The highest BCUT2D eigenvalue weighted by Gasteiger charge is 2.41. The van der Waals surface area contributed by atoms with Crippen molar-refractivity contribution in [1.82, 2.24) is 20.0 Å². The molecule has 2 fully saturated rings. The molecule has 29 heavy (non-hydrogen) atoms. The Hall–Kier alpha value is -1.73. The molecule has 154 valence electrons. The van der Waals surface area contributed by atoms with Crippen LogP contribution in [0.3, 0.4) is 0 Å². The summed E-state index contributed by atoms with van der Waals surface area (Å²) >= 11 is 1.88. The van der Waals surface area contributed by atoms with E-state index in [1.54, 1.807) is 0 Å². The number of nitrogens with one attached hydrogen (secondary N) is 1. The maximum absolute atomic E-state index is 10.7. The van der Waals surface area contributed by atoms with Crippen molar-refractivity contribution in [1.29, 1.82) is 0 Å². The molecule has 2 N–H and O–H groups in total. The minimum atomic E-state index is -0.217. The van der Waals surface area contributed by atoms with Gasteiger partial charge in [-0.1, -0.05) is 12.1 Å². The van der Waals surface area contributed by atoms with E-state index in [-0.39, 0.29) is 11.5 Å². The van der Waals surface area contributed by atoms with Gasteiger partial charge in [-0.3, -0.25) is 14.9 Å². The summed E-state index contributed by atoms with van der Waals surface area (Å²) < 4.78 is 0. The summed E-state index contributed by atoms with van der Waals surface area (Å²) in [5.74, 6) is 0.